The number of rotatable bonds is 2. The number of urea groups is 1. The van der Waals surface area contributed by atoms with Crippen molar-refractivity contribution in [2.45, 2.75) is 19.8 Å². The summed E-state index contributed by atoms with van der Waals surface area (Å²) in [6.07, 6.45) is 1.20. The van der Waals surface area contributed by atoms with E-state index in [-0.39, 0.29) is 18.4 Å². The van der Waals surface area contributed by atoms with Crippen LogP contribution in [0.15, 0.2) is 42.5 Å². The molecular formula is C23H29ClN4O3. The van der Waals surface area contributed by atoms with Crippen molar-refractivity contribution >= 4 is 41.6 Å². The summed E-state index contributed by atoms with van der Waals surface area (Å²) in [7, 11) is 2.08. The van der Waals surface area contributed by atoms with E-state index in [9.17, 15) is 9.59 Å². The van der Waals surface area contributed by atoms with Crippen molar-refractivity contribution in [1.82, 2.24) is 9.80 Å². The van der Waals surface area contributed by atoms with Crippen LogP contribution in [-0.2, 0) is 17.6 Å². The lowest BCUT2D eigenvalue weighted by Gasteiger charge is -2.36. The molecular weight excluding hydrogens is 416 g/mol. The first-order valence-corrected chi connectivity index (χ1v) is 10.5. The lowest BCUT2D eigenvalue weighted by molar-refractivity contribution is 0.161. The van der Waals surface area contributed by atoms with Gasteiger partial charge >= 0.3 is 12.1 Å². The molecule has 31 heavy (non-hydrogen) atoms. The summed E-state index contributed by atoms with van der Waals surface area (Å²) in [6.45, 7) is 5.19. The first kappa shape index (κ1) is 22.9. The van der Waals surface area contributed by atoms with Gasteiger partial charge in [-0.2, -0.15) is 0 Å². The van der Waals surface area contributed by atoms with Crippen LogP contribution in [0.3, 0.4) is 0 Å². The monoisotopic (exact) mass is 444 g/mol. The number of likely N-dealkylation sites (N-methyl/N-ethyl adjacent to an activating group) is 1. The zero-order valence-electron chi connectivity index (χ0n) is 18.0. The molecule has 0 unspecified atom stereocenters. The third kappa shape index (κ3) is 4.94. The molecule has 1 N–H and O–H groups in total. The topological polar surface area (TPSA) is 65.1 Å². The minimum absolute atomic E-state index is 0. The molecule has 2 aromatic carbocycles. The number of aryl methyl sites for hydroxylation is 2. The first-order valence-electron chi connectivity index (χ1n) is 10.5. The van der Waals surface area contributed by atoms with Crippen LogP contribution in [-0.4, -0.2) is 61.8 Å². The Balaban J connectivity index is 0.00000272. The largest absolute Gasteiger partial charge is 0.450 e. The lowest BCUT2D eigenvalue weighted by Crippen LogP contribution is -2.51. The van der Waals surface area contributed by atoms with Gasteiger partial charge in [-0.1, -0.05) is 24.3 Å². The molecule has 1 fully saturated rings. The number of halogens is 1. The molecule has 166 valence electrons. The predicted octanol–water partition coefficient (Wildman–Crippen LogP) is 4.28. The van der Waals surface area contributed by atoms with Crippen LogP contribution in [0, 0.1) is 0 Å². The maximum Gasteiger partial charge on any atom is 0.411 e. The molecule has 0 spiro atoms. The second-order valence-corrected chi connectivity index (χ2v) is 7.73. The number of ether oxygens (including phenoxy) is 1. The maximum absolute atomic E-state index is 13.7. The Morgan fingerprint density at radius 3 is 2.35 bits per heavy atom. The van der Waals surface area contributed by atoms with E-state index in [1.807, 2.05) is 46.2 Å². The third-order valence-corrected chi connectivity index (χ3v) is 5.71. The van der Waals surface area contributed by atoms with Crippen molar-refractivity contribution in [3.05, 3.63) is 53.6 Å². The molecule has 0 radical (unpaired) electrons. The van der Waals surface area contributed by atoms with Crippen molar-refractivity contribution in [3.63, 3.8) is 0 Å². The van der Waals surface area contributed by atoms with Gasteiger partial charge in [0.05, 0.1) is 18.0 Å². The predicted molar refractivity (Wildman–Crippen MR) is 125 cm³/mol. The molecule has 2 aliphatic rings. The Morgan fingerprint density at radius 1 is 0.968 bits per heavy atom. The SMILES string of the molecule is CCOC(=O)Nc1ccc2c(c1)N(C(=O)N1CCN(C)CC1)c1ccccc1CC2.Cl. The van der Waals surface area contributed by atoms with Gasteiger partial charge in [-0.15, -0.1) is 12.4 Å². The molecule has 0 aliphatic carbocycles. The van der Waals surface area contributed by atoms with Gasteiger partial charge in [-0.3, -0.25) is 10.2 Å². The lowest BCUT2D eigenvalue weighted by atomic mass is 10.0. The average Bonchev–Trinajstić information content (AvgIpc) is 2.90. The smallest absolute Gasteiger partial charge is 0.411 e. The van der Waals surface area contributed by atoms with Gasteiger partial charge < -0.3 is 14.5 Å². The molecule has 0 bridgehead atoms. The Hall–Kier alpha value is -2.77. The van der Waals surface area contributed by atoms with E-state index in [0.29, 0.717) is 25.4 Å². The number of benzene rings is 2. The molecule has 3 amide bonds. The molecule has 2 heterocycles. The van der Waals surface area contributed by atoms with Crippen molar-refractivity contribution in [2.75, 3.05) is 50.1 Å². The standard InChI is InChI=1S/C23H28N4O3.ClH/c1-3-30-22(28)24-19-11-10-18-9-8-17-6-4-5-7-20(17)27(21(18)16-19)23(29)26-14-12-25(2)13-15-26;/h4-7,10-11,16H,3,8-9,12-15H2,1-2H3,(H,24,28);1H. The van der Waals surface area contributed by atoms with Gasteiger partial charge in [-0.05, 0) is 56.1 Å². The van der Waals surface area contributed by atoms with E-state index < -0.39 is 6.09 Å². The number of hydrogen-bond donors (Lipinski definition) is 1. The number of para-hydroxylation sites is 1. The van der Waals surface area contributed by atoms with Crippen LogP contribution in [0.2, 0.25) is 0 Å². The quantitative estimate of drug-likeness (QED) is 0.750. The van der Waals surface area contributed by atoms with Crippen LogP contribution < -0.4 is 10.2 Å². The number of carbonyl (C=O) groups excluding carboxylic acids is 2. The highest BCUT2D eigenvalue weighted by molar-refractivity contribution is 6.02. The summed E-state index contributed by atoms with van der Waals surface area (Å²) in [5, 5.41) is 2.76. The van der Waals surface area contributed by atoms with Gasteiger partial charge in [0.25, 0.3) is 0 Å². The van der Waals surface area contributed by atoms with Gasteiger partial charge in [-0.25, -0.2) is 9.59 Å². The van der Waals surface area contributed by atoms with Gasteiger partial charge in [0, 0.05) is 31.9 Å². The van der Waals surface area contributed by atoms with E-state index in [4.69, 9.17) is 4.74 Å². The molecule has 4 rings (SSSR count). The summed E-state index contributed by atoms with van der Waals surface area (Å²) in [4.78, 5) is 31.6. The molecule has 0 saturated carbocycles. The number of anilines is 3. The number of hydrogen-bond acceptors (Lipinski definition) is 4. The van der Waals surface area contributed by atoms with Crippen LogP contribution in [0.5, 0.6) is 0 Å². The van der Waals surface area contributed by atoms with Crippen molar-refractivity contribution in [3.8, 4) is 0 Å². The average molecular weight is 445 g/mol. The molecule has 7 nitrogen and oxygen atoms in total. The summed E-state index contributed by atoms with van der Waals surface area (Å²) >= 11 is 0. The Kier molecular flexibility index (Phi) is 7.41. The van der Waals surface area contributed by atoms with Gasteiger partial charge in [0.2, 0.25) is 0 Å². The number of nitrogens with one attached hydrogen (secondary N) is 1. The number of nitrogens with zero attached hydrogens (tertiary/aromatic N) is 3. The van der Waals surface area contributed by atoms with Gasteiger partial charge in [0.15, 0.2) is 0 Å². The minimum Gasteiger partial charge on any atom is -0.450 e. The zero-order chi connectivity index (χ0) is 21.1. The highest BCUT2D eigenvalue weighted by Gasteiger charge is 2.31. The molecule has 1 saturated heterocycles. The summed E-state index contributed by atoms with van der Waals surface area (Å²) in [6, 6.07) is 13.8. The van der Waals surface area contributed by atoms with Crippen molar-refractivity contribution < 1.29 is 14.3 Å². The summed E-state index contributed by atoms with van der Waals surface area (Å²) in [5.74, 6) is 0. The van der Waals surface area contributed by atoms with E-state index in [1.54, 1.807) is 6.92 Å². The molecule has 8 heteroatoms. The highest BCUT2D eigenvalue weighted by atomic mass is 35.5. The normalized spacial score (nSPS) is 15.8. The number of fused-ring (bicyclic) bond motifs is 2. The molecule has 2 aliphatic heterocycles. The van der Waals surface area contributed by atoms with Crippen LogP contribution in [0.25, 0.3) is 0 Å². The molecule has 2 aromatic rings. The second-order valence-electron chi connectivity index (χ2n) is 7.73. The van der Waals surface area contributed by atoms with Gasteiger partial charge in [0.1, 0.15) is 0 Å². The minimum atomic E-state index is -0.497. The summed E-state index contributed by atoms with van der Waals surface area (Å²) < 4.78 is 5.01. The van der Waals surface area contributed by atoms with Crippen LogP contribution in [0.4, 0.5) is 26.7 Å². The van der Waals surface area contributed by atoms with Crippen molar-refractivity contribution in [2.24, 2.45) is 0 Å². The molecule has 0 aromatic heterocycles. The zero-order valence-corrected chi connectivity index (χ0v) is 18.8. The van der Waals surface area contributed by atoms with E-state index >= 15 is 0 Å². The Bertz CT molecular complexity index is 944. The fraction of sp³-hybridized carbons (Fsp3) is 0.391. The number of carbonyl (C=O) groups is 2. The third-order valence-electron chi connectivity index (χ3n) is 5.71. The van der Waals surface area contributed by atoms with Crippen LogP contribution >= 0.6 is 12.4 Å². The second kappa shape index (κ2) is 10.0. The first-order chi connectivity index (χ1) is 14.6. The Labute approximate surface area is 189 Å². The van der Waals surface area contributed by atoms with E-state index in [2.05, 4.69) is 23.3 Å². The number of piperazine rings is 1. The highest BCUT2D eigenvalue weighted by Crippen LogP contribution is 2.38. The Morgan fingerprint density at radius 2 is 1.65 bits per heavy atom. The summed E-state index contributed by atoms with van der Waals surface area (Å²) in [5.41, 5.74) is 4.58. The molecule has 0 atom stereocenters. The van der Waals surface area contributed by atoms with E-state index in [1.165, 1.54) is 0 Å². The fourth-order valence-corrected chi connectivity index (χ4v) is 4.03. The van der Waals surface area contributed by atoms with Crippen LogP contribution in [0.1, 0.15) is 18.1 Å². The number of amides is 3. The van der Waals surface area contributed by atoms with Crippen molar-refractivity contribution in [1.29, 1.82) is 0 Å². The van der Waals surface area contributed by atoms with E-state index in [0.717, 1.165) is 48.4 Å². The maximum atomic E-state index is 13.7. The fourth-order valence-electron chi connectivity index (χ4n) is 4.03.